The lowest BCUT2D eigenvalue weighted by molar-refractivity contribution is 0.102. The summed E-state index contributed by atoms with van der Waals surface area (Å²) in [7, 11) is 3.51. The molecular weight excluding hydrogens is 331 g/mol. The minimum absolute atomic E-state index is 0.268. The second-order valence-electron chi connectivity index (χ2n) is 6.40. The predicted octanol–water partition coefficient (Wildman–Crippen LogP) is 3.95. The Balaban J connectivity index is 1.83. The number of hydrogen-bond acceptors (Lipinski definition) is 3. The zero-order chi connectivity index (χ0) is 18.8. The van der Waals surface area contributed by atoms with E-state index in [0.29, 0.717) is 11.4 Å². The van der Waals surface area contributed by atoms with Gasteiger partial charge in [0.05, 0.1) is 17.1 Å². The Morgan fingerprint density at radius 2 is 1.88 bits per heavy atom. The van der Waals surface area contributed by atoms with Gasteiger partial charge in [-0.15, -0.1) is 0 Å². The van der Waals surface area contributed by atoms with E-state index in [9.17, 15) is 9.18 Å². The van der Waals surface area contributed by atoms with Crippen LogP contribution in [0.3, 0.4) is 0 Å². The molecule has 0 radical (unpaired) electrons. The van der Waals surface area contributed by atoms with Crippen molar-refractivity contribution < 1.29 is 9.18 Å². The van der Waals surface area contributed by atoms with Crippen molar-refractivity contribution in [2.24, 2.45) is 0 Å². The molecular formula is C20H21FN4O. The molecule has 0 fully saturated rings. The molecule has 1 heterocycles. The first-order valence-electron chi connectivity index (χ1n) is 8.27. The fraction of sp³-hybridized carbons (Fsp3) is 0.200. The van der Waals surface area contributed by atoms with Gasteiger partial charge in [0.2, 0.25) is 0 Å². The Kier molecular flexibility index (Phi) is 4.75. The maximum atomic E-state index is 14.1. The molecule has 1 N–H and O–H groups in total. The van der Waals surface area contributed by atoms with Crippen molar-refractivity contribution in [1.82, 2.24) is 9.78 Å². The summed E-state index contributed by atoms with van der Waals surface area (Å²) >= 11 is 0. The Hall–Kier alpha value is -3.15. The molecule has 0 saturated heterocycles. The van der Waals surface area contributed by atoms with Gasteiger partial charge in [-0.25, -0.2) is 9.07 Å². The number of nitrogens with one attached hydrogen (secondary N) is 1. The highest BCUT2D eigenvalue weighted by molar-refractivity contribution is 6.04. The van der Waals surface area contributed by atoms with Gasteiger partial charge in [0, 0.05) is 31.0 Å². The predicted molar refractivity (Wildman–Crippen MR) is 102 cm³/mol. The average Bonchev–Trinajstić information content (AvgIpc) is 2.93. The number of carbonyl (C=O) groups is 1. The minimum Gasteiger partial charge on any atom is -0.375 e. The van der Waals surface area contributed by atoms with E-state index in [0.717, 1.165) is 17.1 Å². The van der Waals surface area contributed by atoms with Crippen LogP contribution < -0.4 is 10.2 Å². The van der Waals surface area contributed by atoms with Crippen LogP contribution in [0.5, 0.6) is 0 Å². The zero-order valence-corrected chi connectivity index (χ0v) is 15.2. The van der Waals surface area contributed by atoms with Crippen LogP contribution in [0.1, 0.15) is 21.7 Å². The van der Waals surface area contributed by atoms with E-state index in [1.165, 1.54) is 6.07 Å². The first kappa shape index (κ1) is 17.7. The van der Waals surface area contributed by atoms with E-state index < -0.39 is 5.82 Å². The Morgan fingerprint density at radius 3 is 2.50 bits per heavy atom. The van der Waals surface area contributed by atoms with Gasteiger partial charge < -0.3 is 10.2 Å². The normalized spacial score (nSPS) is 10.7. The number of halogens is 1. The van der Waals surface area contributed by atoms with E-state index in [2.05, 4.69) is 10.4 Å². The second kappa shape index (κ2) is 7.00. The maximum Gasteiger partial charge on any atom is 0.255 e. The van der Waals surface area contributed by atoms with Crippen molar-refractivity contribution >= 4 is 17.3 Å². The van der Waals surface area contributed by atoms with Crippen molar-refractivity contribution in [3.63, 3.8) is 0 Å². The number of hydrogen-bond donors (Lipinski definition) is 1. The third-order valence-corrected chi connectivity index (χ3v) is 4.05. The van der Waals surface area contributed by atoms with Crippen LogP contribution in [0.25, 0.3) is 5.69 Å². The number of rotatable bonds is 4. The Bertz CT molecular complexity index is 962. The number of aromatic nitrogens is 2. The van der Waals surface area contributed by atoms with E-state index >= 15 is 0 Å². The van der Waals surface area contributed by atoms with E-state index in [1.54, 1.807) is 37.2 Å². The van der Waals surface area contributed by atoms with Crippen molar-refractivity contribution in [3.05, 3.63) is 71.3 Å². The molecule has 0 aliphatic heterocycles. The lowest BCUT2D eigenvalue weighted by atomic mass is 10.1. The lowest BCUT2D eigenvalue weighted by Gasteiger charge is -2.14. The van der Waals surface area contributed by atoms with Gasteiger partial charge in [0.25, 0.3) is 5.91 Å². The maximum absolute atomic E-state index is 14.1. The van der Waals surface area contributed by atoms with E-state index in [4.69, 9.17) is 0 Å². The van der Waals surface area contributed by atoms with Crippen LogP contribution in [0.4, 0.5) is 15.8 Å². The van der Waals surface area contributed by atoms with Crippen molar-refractivity contribution in [2.45, 2.75) is 13.8 Å². The highest BCUT2D eigenvalue weighted by Crippen LogP contribution is 2.20. The first-order chi connectivity index (χ1) is 12.3. The average molecular weight is 352 g/mol. The summed E-state index contributed by atoms with van der Waals surface area (Å²) in [6.45, 7) is 3.90. The third kappa shape index (κ3) is 3.59. The molecule has 0 unspecified atom stereocenters. The molecule has 5 nitrogen and oxygen atoms in total. The van der Waals surface area contributed by atoms with Gasteiger partial charge >= 0.3 is 0 Å². The molecule has 1 aromatic heterocycles. The number of carbonyl (C=O) groups excluding carboxylic acids is 1. The van der Waals surface area contributed by atoms with Gasteiger partial charge in [-0.3, -0.25) is 4.79 Å². The quantitative estimate of drug-likeness (QED) is 0.774. The number of nitrogens with zero attached hydrogens (tertiary/aromatic N) is 3. The summed E-state index contributed by atoms with van der Waals surface area (Å²) in [5.74, 6) is -0.793. The molecule has 3 rings (SSSR count). The summed E-state index contributed by atoms with van der Waals surface area (Å²) in [5, 5.41) is 7.26. The SMILES string of the molecule is Cc1cc(C)n(-c2cccc(NC(=O)c3ccc(N(C)C)c(F)c3)c2)n1. The highest BCUT2D eigenvalue weighted by atomic mass is 19.1. The monoisotopic (exact) mass is 352 g/mol. The van der Waals surface area contributed by atoms with E-state index in [-0.39, 0.29) is 11.5 Å². The van der Waals surface area contributed by atoms with Crippen molar-refractivity contribution in [1.29, 1.82) is 0 Å². The van der Waals surface area contributed by atoms with Crippen LogP contribution in [-0.4, -0.2) is 29.8 Å². The fourth-order valence-corrected chi connectivity index (χ4v) is 2.82. The van der Waals surface area contributed by atoms with Crippen LogP contribution in [0.15, 0.2) is 48.5 Å². The number of aryl methyl sites for hydroxylation is 2. The van der Waals surface area contributed by atoms with E-state index in [1.807, 2.05) is 42.8 Å². The topological polar surface area (TPSA) is 50.2 Å². The molecule has 6 heteroatoms. The molecule has 3 aromatic rings. The summed E-state index contributed by atoms with van der Waals surface area (Å²) in [6, 6.07) is 13.8. The van der Waals surface area contributed by atoms with Crippen LogP contribution in [0, 0.1) is 19.7 Å². The summed E-state index contributed by atoms with van der Waals surface area (Å²) < 4.78 is 15.9. The molecule has 26 heavy (non-hydrogen) atoms. The summed E-state index contributed by atoms with van der Waals surface area (Å²) in [4.78, 5) is 14.1. The number of benzene rings is 2. The molecule has 2 aromatic carbocycles. The smallest absolute Gasteiger partial charge is 0.255 e. The number of amides is 1. The highest BCUT2D eigenvalue weighted by Gasteiger charge is 2.12. The van der Waals surface area contributed by atoms with Gasteiger partial charge in [0.15, 0.2) is 0 Å². The van der Waals surface area contributed by atoms with Gasteiger partial charge in [-0.05, 0) is 56.3 Å². The first-order valence-corrected chi connectivity index (χ1v) is 8.27. The molecule has 134 valence electrons. The third-order valence-electron chi connectivity index (χ3n) is 4.05. The molecule has 0 spiro atoms. The van der Waals surface area contributed by atoms with Crippen LogP contribution >= 0.6 is 0 Å². The number of anilines is 2. The molecule has 0 saturated carbocycles. The van der Waals surface area contributed by atoms with Crippen LogP contribution in [-0.2, 0) is 0 Å². The summed E-state index contributed by atoms with van der Waals surface area (Å²) in [6.07, 6.45) is 0. The Morgan fingerprint density at radius 1 is 1.12 bits per heavy atom. The Labute approximate surface area is 152 Å². The molecule has 0 atom stereocenters. The minimum atomic E-state index is -0.431. The molecule has 0 bridgehead atoms. The summed E-state index contributed by atoms with van der Waals surface area (Å²) in [5.41, 5.74) is 4.11. The van der Waals surface area contributed by atoms with Crippen LogP contribution in [0.2, 0.25) is 0 Å². The second-order valence-corrected chi connectivity index (χ2v) is 6.40. The largest absolute Gasteiger partial charge is 0.375 e. The van der Waals surface area contributed by atoms with Crippen molar-refractivity contribution in [2.75, 3.05) is 24.3 Å². The lowest BCUT2D eigenvalue weighted by Crippen LogP contribution is -2.15. The van der Waals surface area contributed by atoms with Gasteiger partial charge in [-0.1, -0.05) is 6.07 Å². The fourth-order valence-electron chi connectivity index (χ4n) is 2.82. The molecule has 0 aliphatic rings. The zero-order valence-electron chi connectivity index (χ0n) is 15.2. The van der Waals surface area contributed by atoms with Crippen molar-refractivity contribution in [3.8, 4) is 5.69 Å². The molecule has 0 aliphatic carbocycles. The van der Waals surface area contributed by atoms with Gasteiger partial charge in [0.1, 0.15) is 5.82 Å². The van der Waals surface area contributed by atoms with Gasteiger partial charge in [-0.2, -0.15) is 5.10 Å². The standard InChI is InChI=1S/C20H21FN4O/c1-13-10-14(2)25(23-13)17-7-5-6-16(12-17)22-20(26)15-8-9-19(24(3)4)18(21)11-15/h5-12H,1-4H3,(H,22,26). The molecule has 1 amide bonds.